The van der Waals surface area contributed by atoms with E-state index in [9.17, 15) is 13.5 Å². The molecule has 0 amide bonds. The second-order valence-corrected chi connectivity index (χ2v) is 7.77. The zero-order valence-electron chi connectivity index (χ0n) is 16.0. The fourth-order valence-corrected chi connectivity index (χ4v) is 3.19. The summed E-state index contributed by atoms with van der Waals surface area (Å²) < 4.78 is 36.5. The van der Waals surface area contributed by atoms with Crippen molar-refractivity contribution in [3.63, 3.8) is 0 Å². The maximum Gasteiger partial charge on any atom is 1.00 e. The van der Waals surface area contributed by atoms with Crippen LogP contribution in [-0.4, -0.2) is 13.0 Å². The molecule has 0 aromatic heterocycles. The quantitative estimate of drug-likeness (QED) is 0.362. The zero-order chi connectivity index (χ0) is 19.0. The summed E-state index contributed by atoms with van der Waals surface area (Å²) in [5, 5.41) is 12.2. The third kappa shape index (κ3) is 8.64. The Morgan fingerprint density at radius 3 is 2.19 bits per heavy atom. The van der Waals surface area contributed by atoms with E-state index in [-0.39, 0.29) is 67.8 Å². The number of rotatable bonds is 10. The van der Waals surface area contributed by atoms with Crippen LogP contribution in [-0.2, 0) is 16.5 Å². The van der Waals surface area contributed by atoms with Gasteiger partial charge in [-0.05, 0) is 48.7 Å². The van der Waals surface area contributed by atoms with Crippen molar-refractivity contribution in [3.8, 4) is 17.2 Å². The minimum absolute atomic E-state index is 0. The molecule has 0 saturated carbocycles. The molecule has 0 bridgehead atoms. The van der Waals surface area contributed by atoms with Crippen molar-refractivity contribution in [2.45, 2.75) is 56.8 Å². The van der Waals surface area contributed by atoms with Crippen molar-refractivity contribution >= 4 is 10.1 Å². The molecule has 0 heterocycles. The molecule has 27 heavy (non-hydrogen) atoms. The minimum atomic E-state index is -4.24. The first-order chi connectivity index (χ1) is 12.4. The third-order valence-corrected chi connectivity index (χ3v) is 5.04. The first kappa shape index (κ1) is 24.6. The van der Waals surface area contributed by atoms with Crippen LogP contribution in [0.25, 0.3) is 0 Å². The summed E-state index contributed by atoms with van der Waals surface area (Å²) in [6, 6.07) is 10.4. The summed E-state index contributed by atoms with van der Waals surface area (Å²) in [5.41, 5.74) is 1.000. The number of hydrogen-bond acceptors (Lipinski definition) is 4. The molecule has 0 unspecified atom stereocenters. The largest absolute Gasteiger partial charge is 1.00 e. The Morgan fingerprint density at radius 2 is 1.59 bits per heavy atom. The van der Waals surface area contributed by atoms with Gasteiger partial charge in [-0.3, -0.25) is 4.55 Å². The molecule has 2 aromatic rings. The monoisotopic (exact) mass is 416 g/mol. The van der Waals surface area contributed by atoms with Crippen LogP contribution in [0.4, 0.5) is 0 Å². The van der Waals surface area contributed by atoms with Crippen molar-refractivity contribution in [1.82, 2.24) is 0 Å². The molecule has 1 N–H and O–H groups in total. The maximum atomic E-state index is 12.2. The van der Waals surface area contributed by atoms with Gasteiger partial charge in [-0.1, -0.05) is 56.9 Å². The molecule has 0 radical (unpaired) electrons. The van der Waals surface area contributed by atoms with Gasteiger partial charge < -0.3 is 9.84 Å². The molecule has 0 aliphatic carbocycles. The second kappa shape index (κ2) is 12.2. The second-order valence-electron chi connectivity index (χ2n) is 6.35. The van der Waals surface area contributed by atoms with Crippen LogP contribution in [0, 0.1) is 0 Å². The third-order valence-electron chi connectivity index (χ3n) is 4.18. The summed E-state index contributed by atoms with van der Waals surface area (Å²) in [6.45, 7) is 2.20. The molecular weight excluding hydrogens is 391 g/mol. The van der Waals surface area contributed by atoms with E-state index in [0.717, 1.165) is 18.4 Å². The molecular formula is C20H25KO5S. The standard InChI is InChI=1S/C20H26O5S.K/c1-2-3-4-5-6-7-8-16-9-14-20(19(21)15-16)25-17-10-12-18(13-11-17)26(22,23)24;/h9-15,21H,2-8H2,1H3,(H,22,23,24);/q;+1/p-1. The zero-order valence-corrected chi connectivity index (χ0v) is 19.9. The van der Waals surface area contributed by atoms with E-state index >= 15 is 0 Å². The van der Waals surface area contributed by atoms with E-state index in [1.54, 1.807) is 12.1 Å². The van der Waals surface area contributed by atoms with Crippen LogP contribution in [0.1, 0.15) is 51.0 Å². The Labute approximate surface area is 204 Å². The van der Waals surface area contributed by atoms with E-state index < -0.39 is 10.1 Å². The van der Waals surface area contributed by atoms with Crippen LogP contribution < -0.4 is 61.2 Å². The minimum Gasteiger partial charge on any atom is -0.870 e. The summed E-state index contributed by atoms with van der Waals surface area (Å²) in [6.07, 6.45) is 8.14. The van der Waals surface area contributed by atoms with Crippen molar-refractivity contribution in [1.29, 1.82) is 0 Å². The molecule has 2 rings (SSSR count). The summed E-state index contributed by atoms with van der Waals surface area (Å²) in [5.74, 6) is 0.321. The Balaban J connectivity index is 0.00000364. The number of ether oxygens (including phenoxy) is 1. The normalized spacial score (nSPS) is 11.0. The first-order valence-corrected chi connectivity index (χ1v) is 10.4. The van der Waals surface area contributed by atoms with E-state index in [0.29, 0.717) is 5.75 Å². The predicted octanol–water partition coefficient (Wildman–Crippen LogP) is 1.71. The number of aryl methyl sites for hydroxylation is 1. The average molecular weight is 417 g/mol. The molecule has 0 spiro atoms. The van der Waals surface area contributed by atoms with Gasteiger partial charge in [0.15, 0.2) is 0 Å². The molecule has 0 saturated heterocycles. The van der Waals surface area contributed by atoms with Crippen molar-refractivity contribution in [2.24, 2.45) is 0 Å². The van der Waals surface area contributed by atoms with Crippen LogP contribution in [0.15, 0.2) is 47.4 Å². The number of benzene rings is 2. The van der Waals surface area contributed by atoms with Gasteiger partial charge in [0.05, 0.1) is 4.90 Å². The molecule has 7 heteroatoms. The Kier molecular flexibility index (Phi) is 11.1. The predicted molar refractivity (Wildman–Crippen MR) is 99.3 cm³/mol. The Morgan fingerprint density at radius 1 is 0.963 bits per heavy atom. The van der Waals surface area contributed by atoms with Gasteiger partial charge in [0.1, 0.15) is 11.5 Å². The Bertz CT molecular complexity index is 804. The van der Waals surface area contributed by atoms with Crippen LogP contribution in [0.3, 0.4) is 0 Å². The van der Waals surface area contributed by atoms with Crippen molar-refractivity contribution < 1.29 is 74.2 Å². The van der Waals surface area contributed by atoms with Crippen LogP contribution in [0.2, 0.25) is 0 Å². The van der Waals surface area contributed by atoms with E-state index in [1.807, 2.05) is 6.07 Å². The molecule has 5 nitrogen and oxygen atoms in total. The molecule has 0 atom stereocenters. The van der Waals surface area contributed by atoms with Gasteiger partial charge in [0.2, 0.25) is 0 Å². The fraction of sp³-hybridized carbons (Fsp3) is 0.400. The van der Waals surface area contributed by atoms with Gasteiger partial charge in [0, 0.05) is 0 Å². The molecule has 0 aliphatic heterocycles. The van der Waals surface area contributed by atoms with E-state index in [2.05, 4.69) is 6.92 Å². The summed E-state index contributed by atoms with van der Waals surface area (Å²) in [7, 11) is -4.24. The first-order valence-electron chi connectivity index (χ1n) is 8.95. The van der Waals surface area contributed by atoms with Gasteiger partial charge >= 0.3 is 51.4 Å². The number of unbranched alkanes of at least 4 members (excludes halogenated alkanes) is 5. The van der Waals surface area contributed by atoms with E-state index in [4.69, 9.17) is 9.29 Å². The maximum absolute atomic E-state index is 12.2. The Hall–Kier alpha value is -0.414. The van der Waals surface area contributed by atoms with Gasteiger partial charge in [-0.25, -0.2) is 0 Å². The topological polar surface area (TPSA) is 86.7 Å². The molecule has 142 valence electrons. The molecule has 0 aliphatic rings. The van der Waals surface area contributed by atoms with Gasteiger partial charge in [-0.2, -0.15) is 8.42 Å². The van der Waals surface area contributed by atoms with Gasteiger partial charge in [0.25, 0.3) is 10.1 Å². The fourth-order valence-electron chi connectivity index (χ4n) is 2.71. The van der Waals surface area contributed by atoms with Crippen LogP contribution in [0.5, 0.6) is 17.2 Å². The average Bonchev–Trinajstić information content (AvgIpc) is 2.60. The SMILES string of the molecule is CCCCCCCCc1ccc(Oc2ccc(S(=O)(=O)O)cc2)c([O-])c1.[K+]. The van der Waals surface area contributed by atoms with Gasteiger partial charge in [-0.15, -0.1) is 0 Å². The molecule has 2 aromatic carbocycles. The van der Waals surface area contributed by atoms with Crippen molar-refractivity contribution in [2.75, 3.05) is 0 Å². The smallest absolute Gasteiger partial charge is 0.870 e. The summed E-state index contributed by atoms with van der Waals surface area (Å²) in [4.78, 5) is -0.221. The number of hydrogen-bond donors (Lipinski definition) is 1. The summed E-state index contributed by atoms with van der Waals surface area (Å²) >= 11 is 0. The molecule has 0 fully saturated rings. The van der Waals surface area contributed by atoms with Crippen molar-refractivity contribution in [3.05, 3.63) is 48.0 Å². The van der Waals surface area contributed by atoms with E-state index in [1.165, 1.54) is 56.4 Å². The van der Waals surface area contributed by atoms with Crippen LogP contribution >= 0.6 is 0 Å².